The first kappa shape index (κ1) is 14.6. The van der Waals surface area contributed by atoms with E-state index in [2.05, 4.69) is 12.4 Å². The number of amides is 1. The molecule has 0 spiro atoms. The Labute approximate surface area is 119 Å². The number of phenols is 1. The van der Waals surface area contributed by atoms with Crippen molar-refractivity contribution in [3.8, 4) is 5.75 Å². The first-order valence-corrected chi connectivity index (χ1v) is 6.74. The van der Waals surface area contributed by atoms with E-state index in [1.165, 1.54) is 0 Å². The van der Waals surface area contributed by atoms with Gasteiger partial charge in [-0.05, 0) is 12.1 Å². The summed E-state index contributed by atoms with van der Waals surface area (Å²) in [4.78, 5) is 11.9. The van der Waals surface area contributed by atoms with Gasteiger partial charge in [0, 0.05) is 11.8 Å². The van der Waals surface area contributed by atoms with Gasteiger partial charge in [-0.25, -0.2) is 0 Å². The number of aromatic hydroxyl groups is 1. The largest absolute Gasteiger partial charge is 0.507 e. The number of para-hydroxylation sites is 1. The predicted molar refractivity (Wildman–Crippen MR) is 76.9 cm³/mol. The maximum absolute atomic E-state index is 11.9. The number of benzene rings is 1. The fourth-order valence-electron chi connectivity index (χ4n) is 2.19. The van der Waals surface area contributed by atoms with Crippen molar-refractivity contribution in [1.82, 2.24) is 5.32 Å². The average molecular weight is 277 g/mol. The van der Waals surface area contributed by atoms with Crippen LogP contribution in [0.25, 0.3) is 6.08 Å². The smallest absolute Gasteiger partial charge is 0.279 e. The third kappa shape index (κ3) is 4.08. The van der Waals surface area contributed by atoms with Crippen LogP contribution in [0.5, 0.6) is 5.75 Å². The Balaban J connectivity index is 1.84. The van der Waals surface area contributed by atoms with Gasteiger partial charge in [0.05, 0.1) is 20.3 Å². The minimum atomic E-state index is -0.0268. The summed E-state index contributed by atoms with van der Waals surface area (Å²) in [6.45, 7) is 3.57. The van der Waals surface area contributed by atoms with E-state index in [9.17, 15) is 9.90 Å². The Morgan fingerprint density at radius 3 is 2.80 bits per heavy atom. The third-order valence-corrected chi connectivity index (χ3v) is 3.52. The van der Waals surface area contributed by atoms with Crippen LogP contribution in [0.1, 0.15) is 5.56 Å². The molecule has 0 bridgehead atoms. The number of likely N-dealkylation sites (N-methyl/N-ethyl adjacent to an activating group) is 1. The zero-order valence-corrected chi connectivity index (χ0v) is 11.7. The number of ether oxygens (including phenoxy) is 1. The van der Waals surface area contributed by atoms with Crippen molar-refractivity contribution in [2.24, 2.45) is 0 Å². The summed E-state index contributed by atoms with van der Waals surface area (Å²) in [6, 6.07) is 6.99. The second-order valence-corrected chi connectivity index (χ2v) is 5.30. The van der Waals surface area contributed by atoms with Crippen LogP contribution < -0.4 is 5.32 Å². The Bertz CT molecular complexity index is 494. The highest BCUT2D eigenvalue weighted by Gasteiger charge is 2.27. The van der Waals surface area contributed by atoms with Gasteiger partial charge in [-0.15, -0.1) is 0 Å². The molecule has 0 aliphatic carbocycles. The monoisotopic (exact) mass is 277 g/mol. The lowest BCUT2D eigenvalue weighted by molar-refractivity contribution is -0.909. The highest BCUT2D eigenvalue weighted by atomic mass is 16.5. The van der Waals surface area contributed by atoms with Crippen LogP contribution in [0.15, 0.2) is 30.5 Å². The molecule has 1 aliphatic rings. The molecule has 1 heterocycles. The normalized spacial score (nSPS) is 18.1. The molecule has 1 aromatic carbocycles. The molecule has 0 radical (unpaired) electrons. The Morgan fingerprint density at radius 1 is 1.40 bits per heavy atom. The number of morpholine rings is 1. The van der Waals surface area contributed by atoms with E-state index in [-0.39, 0.29) is 11.7 Å². The van der Waals surface area contributed by atoms with Gasteiger partial charge in [0.25, 0.3) is 5.91 Å². The van der Waals surface area contributed by atoms with E-state index >= 15 is 0 Å². The van der Waals surface area contributed by atoms with Crippen LogP contribution in [0.2, 0.25) is 0 Å². The topological polar surface area (TPSA) is 58.6 Å². The van der Waals surface area contributed by atoms with E-state index in [0.29, 0.717) is 29.8 Å². The van der Waals surface area contributed by atoms with Crippen molar-refractivity contribution in [3.63, 3.8) is 0 Å². The van der Waals surface area contributed by atoms with Crippen molar-refractivity contribution < 1.29 is 19.1 Å². The number of carbonyl (C=O) groups excluding carboxylic acids is 1. The molecule has 2 rings (SSSR count). The second kappa shape index (κ2) is 6.54. The van der Waals surface area contributed by atoms with E-state index in [4.69, 9.17) is 4.74 Å². The maximum atomic E-state index is 11.9. The highest BCUT2D eigenvalue weighted by Crippen LogP contribution is 2.16. The lowest BCUT2D eigenvalue weighted by Crippen LogP contribution is -2.55. The summed E-state index contributed by atoms with van der Waals surface area (Å²) in [5, 5.41) is 12.3. The third-order valence-electron chi connectivity index (χ3n) is 3.52. The number of hydrogen-bond acceptors (Lipinski definition) is 3. The van der Waals surface area contributed by atoms with Gasteiger partial charge < -0.3 is 19.6 Å². The Morgan fingerprint density at radius 2 is 2.10 bits per heavy atom. The van der Waals surface area contributed by atoms with Crippen molar-refractivity contribution in [2.75, 3.05) is 39.9 Å². The number of carbonyl (C=O) groups is 1. The number of rotatable bonds is 4. The number of hydrogen-bond donors (Lipinski definition) is 2. The molecule has 1 aliphatic heterocycles. The molecule has 1 saturated heterocycles. The maximum Gasteiger partial charge on any atom is 0.279 e. The predicted octanol–water partition coefficient (Wildman–Crippen LogP) is 0.956. The highest BCUT2D eigenvalue weighted by molar-refractivity contribution is 5.79. The minimum absolute atomic E-state index is 0.0268. The van der Waals surface area contributed by atoms with Gasteiger partial charge in [0.2, 0.25) is 0 Å². The van der Waals surface area contributed by atoms with E-state index in [1.54, 1.807) is 30.5 Å². The summed E-state index contributed by atoms with van der Waals surface area (Å²) in [7, 11) is 2.06. The van der Waals surface area contributed by atoms with Crippen LogP contribution in [0, 0.1) is 0 Å². The fourth-order valence-corrected chi connectivity index (χ4v) is 2.19. The molecule has 0 saturated carbocycles. The van der Waals surface area contributed by atoms with E-state index in [1.807, 2.05) is 6.07 Å². The fraction of sp³-hybridized carbons (Fsp3) is 0.400. The Kier molecular flexibility index (Phi) is 4.76. The lowest BCUT2D eigenvalue weighted by Gasteiger charge is -2.36. The van der Waals surface area contributed by atoms with E-state index < -0.39 is 0 Å². The summed E-state index contributed by atoms with van der Waals surface area (Å²) in [6.07, 6.45) is 3.26. The molecule has 0 aromatic heterocycles. The van der Waals surface area contributed by atoms with Crippen LogP contribution in [0.3, 0.4) is 0 Å². The van der Waals surface area contributed by atoms with Gasteiger partial charge in [0.1, 0.15) is 18.8 Å². The summed E-state index contributed by atoms with van der Waals surface area (Å²) < 4.78 is 6.01. The molecule has 5 nitrogen and oxygen atoms in total. The SMILES string of the molecule is C[N+]1(CC(=O)N/C=C/c2ccccc2O)CCOCC1. The molecule has 108 valence electrons. The lowest BCUT2D eigenvalue weighted by atomic mass is 10.2. The van der Waals surface area contributed by atoms with Crippen LogP contribution in [-0.4, -0.2) is 55.4 Å². The van der Waals surface area contributed by atoms with Crippen molar-refractivity contribution in [1.29, 1.82) is 0 Å². The quantitative estimate of drug-likeness (QED) is 0.806. The molecule has 2 N–H and O–H groups in total. The van der Waals surface area contributed by atoms with Crippen LogP contribution in [-0.2, 0) is 9.53 Å². The molecule has 1 amide bonds. The molecule has 20 heavy (non-hydrogen) atoms. The van der Waals surface area contributed by atoms with Gasteiger partial charge in [-0.1, -0.05) is 18.2 Å². The van der Waals surface area contributed by atoms with E-state index in [0.717, 1.165) is 13.1 Å². The Hall–Kier alpha value is -1.85. The van der Waals surface area contributed by atoms with Crippen LogP contribution >= 0.6 is 0 Å². The molecule has 1 fully saturated rings. The average Bonchev–Trinajstić information content (AvgIpc) is 2.41. The molecule has 0 unspecified atom stereocenters. The minimum Gasteiger partial charge on any atom is -0.507 e. The van der Waals surface area contributed by atoms with Gasteiger partial charge in [0.15, 0.2) is 6.54 Å². The molecule has 5 heteroatoms. The van der Waals surface area contributed by atoms with Gasteiger partial charge in [-0.3, -0.25) is 4.79 Å². The van der Waals surface area contributed by atoms with Crippen molar-refractivity contribution in [2.45, 2.75) is 0 Å². The molecular weight excluding hydrogens is 256 g/mol. The standard InChI is InChI=1S/C15H20N2O3/c1-17(8-10-20-11-9-17)12-15(19)16-7-6-13-4-2-3-5-14(13)18/h2-7H,8-12H2,1H3,(H-,16,18,19)/p+1/b7-6+. The number of phenolic OH excluding ortho intramolecular Hbond substituents is 1. The number of nitrogens with zero attached hydrogens (tertiary/aromatic N) is 1. The number of quaternary nitrogens is 1. The first-order chi connectivity index (χ1) is 9.59. The van der Waals surface area contributed by atoms with Gasteiger partial charge in [-0.2, -0.15) is 0 Å². The summed E-state index contributed by atoms with van der Waals surface area (Å²) >= 11 is 0. The second-order valence-electron chi connectivity index (χ2n) is 5.30. The van der Waals surface area contributed by atoms with Crippen molar-refractivity contribution in [3.05, 3.63) is 36.0 Å². The summed E-state index contributed by atoms with van der Waals surface area (Å²) in [5.74, 6) is 0.172. The van der Waals surface area contributed by atoms with Crippen molar-refractivity contribution >= 4 is 12.0 Å². The van der Waals surface area contributed by atoms with Gasteiger partial charge >= 0.3 is 0 Å². The zero-order chi connectivity index (χ0) is 14.4. The summed E-state index contributed by atoms with van der Waals surface area (Å²) in [5.41, 5.74) is 0.680. The first-order valence-electron chi connectivity index (χ1n) is 6.74. The van der Waals surface area contributed by atoms with Crippen LogP contribution in [0.4, 0.5) is 0 Å². The molecule has 0 atom stereocenters. The molecular formula is C15H21N2O3+. The molecule has 1 aromatic rings. The number of nitrogens with one attached hydrogen (secondary N) is 1. The zero-order valence-electron chi connectivity index (χ0n) is 11.7.